The number of benzene rings is 2. The summed E-state index contributed by atoms with van der Waals surface area (Å²) in [6.45, 7) is 0.983. The fraction of sp³-hybridized carbons (Fsp3) is 0.278. The first-order valence-corrected chi connectivity index (χ1v) is 7.79. The number of carbonyl (C=O) groups is 1. The van der Waals surface area contributed by atoms with E-state index in [1.807, 2.05) is 26.2 Å². The summed E-state index contributed by atoms with van der Waals surface area (Å²) in [6, 6.07) is 14.4. The van der Waals surface area contributed by atoms with Crippen molar-refractivity contribution < 1.29 is 9.90 Å². The number of nitrogens with zero attached hydrogens (tertiary/aromatic N) is 1. The van der Waals surface area contributed by atoms with Crippen molar-refractivity contribution in [1.82, 2.24) is 10.2 Å². The maximum atomic E-state index is 12.1. The summed E-state index contributed by atoms with van der Waals surface area (Å²) in [6.07, 6.45) is -0.760. The highest BCUT2D eigenvalue weighted by Gasteiger charge is 2.11. The number of hydrogen-bond donors (Lipinski definition) is 2. The van der Waals surface area contributed by atoms with Crippen LogP contribution in [-0.2, 0) is 6.54 Å². The van der Waals surface area contributed by atoms with E-state index in [0.717, 1.165) is 17.7 Å². The normalized spacial score (nSPS) is 12.2. The van der Waals surface area contributed by atoms with Gasteiger partial charge in [-0.1, -0.05) is 35.9 Å². The molecule has 2 aromatic carbocycles. The van der Waals surface area contributed by atoms with Crippen LogP contribution in [0, 0.1) is 0 Å². The zero-order chi connectivity index (χ0) is 16.8. The summed E-state index contributed by atoms with van der Waals surface area (Å²) < 4.78 is 0. The van der Waals surface area contributed by atoms with Crippen LogP contribution in [0.3, 0.4) is 0 Å². The van der Waals surface area contributed by atoms with Gasteiger partial charge in [-0.25, -0.2) is 0 Å². The summed E-state index contributed by atoms with van der Waals surface area (Å²) in [4.78, 5) is 14.2. The minimum Gasteiger partial charge on any atom is -0.387 e. The summed E-state index contributed by atoms with van der Waals surface area (Å²) in [7, 11) is 4.00. The first kappa shape index (κ1) is 17.5. The van der Waals surface area contributed by atoms with E-state index in [2.05, 4.69) is 10.2 Å². The van der Waals surface area contributed by atoms with E-state index in [1.54, 1.807) is 36.4 Å². The van der Waals surface area contributed by atoms with Crippen molar-refractivity contribution in [2.75, 3.05) is 20.6 Å². The highest BCUT2D eigenvalue weighted by molar-refractivity contribution is 6.30. The molecule has 1 unspecified atom stereocenters. The van der Waals surface area contributed by atoms with Crippen LogP contribution < -0.4 is 5.32 Å². The van der Waals surface area contributed by atoms with Gasteiger partial charge in [0, 0.05) is 23.7 Å². The van der Waals surface area contributed by atoms with Crippen LogP contribution in [0.15, 0.2) is 48.5 Å². The van der Waals surface area contributed by atoms with Crippen LogP contribution in [0.4, 0.5) is 0 Å². The fourth-order valence-electron chi connectivity index (χ4n) is 2.22. The van der Waals surface area contributed by atoms with Gasteiger partial charge in [-0.2, -0.15) is 0 Å². The highest BCUT2D eigenvalue weighted by atomic mass is 35.5. The van der Waals surface area contributed by atoms with Crippen LogP contribution in [0.1, 0.15) is 27.6 Å². The molecule has 4 nitrogen and oxygen atoms in total. The third-order valence-corrected chi connectivity index (χ3v) is 3.68. The second-order valence-corrected chi connectivity index (χ2v) is 6.15. The van der Waals surface area contributed by atoms with Crippen molar-refractivity contribution >= 4 is 17.5 Å². The molecular weight excluding hydrogens is 312 g/mol. The molecule has 0 spiro atoms. The van der Waals surface area contributed by atoms with Crippen LogP contribution in [-0.4, -0.2) is 36.6 Å². The van der Waals surface area contributed by atoms with Crippen LogP contribution in [0.5, 0.6) is 0 Å². The molecule has 2 N–H and O–H groups in total. The van der Waals surface area contributed by atoms with Crippen molar-refractivity contribution in [3.05, 3.63) is 70.2 Å². The zero-order valence-electron chi connectivity index (χ0n) is 13.3. The predicted molar refractivity (Wildman–Crippen MR) is 92.6 cm³/mol. The molecule has 5 heteroatoms. The number of aliphatic hydroxyl groups excluding tert-OH is 1. The monoisotopic (exact) mass is 332 g/mol. The maximum absolute atomic E-state index is 12.1. The standard InChI is InChI=1S/C18H21ClN2O2/c1-21(2)12-13-3-5-15(6-4-13)18(23)20-11-17(22)14-7-9-16(19)10-8-14/h3-10,17,22H,11-12H2,1-2H3,(H,20,23). The van der Waals surface area contributed by atoms with Gasteiger partial charge in [0.15, 0.2) is 0 Å². The number of carbonyl (C=O) groups excluding carboxylic acids is 1. The molecule has 1 atom stereocenters. The van der Waals surface area contributed by atoms with Crippen LogP contribution in [0.25, 0.3) is 0 Å². The van der Waals surface area contributed by atoms with Crippen molar-refractivity contribution in [1.29, 1.82) is 0 Å². The van der Waals surface area contributed by atoms with Gasteiger partial charge >= 0.3 is 0 Å². The van der Waals surface area contributed by atoms with Crippen LogP contribution >= 0.6 is 11.6 Å². The Kier molecular flexibility index (Phi) is 6.16. The van der Waals surface area contributed by atoms with Crippen molar-refractivity contribution in [2.24, 2.45) is 0 Å². The van der Waals surface area contributed by atoms with Crippen LogP contribution in [0.2, 0.25) is 5.02 Å². The van der Waals surface area contributed by atoms with Crippen molar-refractivity contribution in [3.8, 4) is 0 Å². The molecule has 0 aliphatic rings. The fourth-order valence-corrected chi connectivity index (χ4v) is 2.35. The second kappa shape index (κ2) is 8.11. The molecule has 0 aliphatic carbocycles. The molecule has 0 radical (unpaired) electrons. The van der Waals surface area contributed by atoms with E-state index in [0.29, 0.717) is 10.6 Å². The first-order chi connectivity index (χ1) is 11.0. The Morgan fingerprint density at radius 1 is 1.13 bits per heavy atom. The van der Waals surface area contributed by atoms with E-state index in [1.165, 1.54) is 0 Å². The molecular formula is C18H21ClN2O2. The van der Waals surface area contributed by atoms with Gasteiger partial charge in [-0.15, -0.1) is 0 Å². The summed E-state index contributed by atoms with van der Waals surface area (Å²) in [5.74, 6) is -0.200. The lowest BCUT2D eigenvalue weighted by Gasteiger charge is -2.13. The van der Waals surface area contributed by atoms with Gasteiger partial charge in [0.25, 0.3) is 5.91 Å². The van der Waals surface area contributed by atoms with Gasteiger partial charge in [0.2, 0.25) is 0 Å². The zero-order valence-corrected chi connectivity index (χ0v) is 14.0. The molecule has 1 amide bonds. The van der Waals surface area contributed by atoms with E-state index in [9.17, 15) is 9.90 Å². The number of hydrogen-bond acceptors (Lipinski definition) is 3. The van der Waals surface area contributed by atoms with Gasteiger partial charge in [-0.3, -0.25) is 4.79 Å². The largest absolute Gasteiger partial charge is 0.387 e. The molecule has 2 rings (SSSR count). The molecule has 0 saturated heterocycles. The molecule has 0 aromatic heterocycles. The van der Waals surface area contributed by atoms with Crippen molar-refractivity contribution in [2.45, 2.75) is 12.6 Å². The third kappa shape index (κ3) is 5.36. The van der Waals surface area contributed by atoms with Crippen molar-refractivity contribution in [3.63, 3.8) is 0 Å². The molecule has 0 heterocycles. The Labute approximate surface area is 141 Å². The van der Waals surface area contributed by atoms with Gasteiger partial charge in [-0.05, 0) is 49.5 Å². The number of rotatable bonds is 6. The Bertz CT molecular complexity index is 639. The molecule has 122 valence electrons. The lowest BCUT2D eigenvalue weighted by Crippen LogP contribution is -2.28. The van der Waals surface area contributed by atoms with E-state index in [4.69, 9.17) is 11.6 Å². The minimum absolute atomic E-state index is 0.153. The summed E-state index contributed by atoms with van der Waals surface area (Å²) in [5, 5.41) is 13.4. The first-order valence-electron chi connectivity index (χ1n) is 7.41. The summed E-state index contributed by atoms with van der Waals surface area (Å²) in [5.41, 5.74) is 2.44. The Morgan fingerprint density at radius 2 is 1.74 bits per heavy atom. The number of nitrogens with one attached hydrogen (secondary N) is 1. The highest BCUT2D eigenvalue weighted by Crippen LogP contribution is 2.16. The average molecular weight is 333 g/mol. The minimum atomic E-state index is -0.760. The Balaban J connectivity index is 1.90. The van der Waals surface area contributed by atoms with E-state index in [-0.39, 0.29) is 12.5 Å². The number of amides is 1. The van der Waals surface area contributed by atoms with E-state index >= 15 is 0 Å². The molecule has 23 heavy (non-hydrogen) atoms. The molecule has 2 aromatic rings. The van der Waals surface area contributed by atoms with Gasteiger partial charge in [0.1, 0.15) is 0 Å². The molecule has 0 bridgehead atoms. The Hall–Kier alpha value is -1.88. The average Bonchev–Trinajstić information content (AvgIpc) is 2.53. The van der Waals surface area contributed by atoms with Gasteiger partial charge in [0.05, 0.1) is 6.10 Å². The smallest absolute Gasteiger partial charge is 0.251 e. The summed E-state index contributed by atoms with van der Waals surface area (Å²) >= 11 is 5.81. The van der Waals surface area contributed by atoms with E-state index < -0.39 is 6.10 Å². The molecule has 0 fully saturated rings. The maximum Gasteiger partial charge on any atom is 0.251 e. The third-order valence-electron chi connectivity index (χ3n) is 3.43. The predicted octanol–water partition coefficient (Wildman–Crippen LogP) is 2.87. The Morgan fingerprint density at radius 3 is 2.30 bits per heavy atom. The van der Waals surface area contributed by atoms with Gasteiger partial charge < -0.3 is 15.3 Å². The lowest BCUT2D eigenvalue weighted by molar-refractivity contribution is 0.0916. The number of halogens is 1. The SMILES string of the molecule is CN(C)Cc1ccc(C(=O)NCC(O)c2ccc(Cl)cc2)cc1. The lowest BCUT2D eigenvalue weighted by atomic mass is 10.1. The number of aliphatic hydroxyl groups is 1. The second-order valence-electron chi connectivity index (χ2n) is 5.71. The topological polar surface area (TPSA) is 52.6 Å². The molecule has 0 aliphatic heterocycles. The quantitative estimate of drug-likeness (QED) is 0.855. The molecule has 0 saturated carbocycles.